The van der Waals surface area contributed by atoms with Crippen LogP contribution in [0.2, 0.25) is 5.28 Å². The molecule has 0 spiro atoms. The molecule has 1 fully saturated rings. The maximum Gasteiger partial charge on any atom is 0.573 e. The highest BCUT2D eigenvalue weighted by Crippen LogP contribution is 2.33. The van der Waals surface area contributed by atoms with Gasteiger partial charge in [0.05, 0.1) is 21.4 Å². The zero-order chi connectivity index (χ0) is 31.9. The van der Waals surface area contributed by atoms with Gasteiger partial charge in [-0.1, -0.05) is 23.5 Å². The first-order chi connectivity index (χ1) is 20.6. The second-order valence-corrected chi connectivity index (χ2v) is 12.6. The van der Waals surface area contributed by atoms with E-state index in [1.807, 2.05) is 0 Å². The minimum Gasteiger partial charge on any atom is -0.406 e. The van der Waals surface area contributed by atoms with Crippen molar-refractivity contribution >= 4 is 54.3 Å². The monoisotopic (exact) mass is 680 g/mol. The van der Waals surface area contributed by atoms with Crippen molar-refractivity contribution in [3.8, 4) is 5.75 Å². The molecule has 1 N–H and O–H groups in total. The van der Waals surface area contributed by atoms with Gasteiger partial charge in [0, 0.05) is 26.2 Å². The number of carbonyl (C=O) groups excluding carboxylic acids is 1. The lowest BCUT2D eigenvalue weighted by Gasteiger charge is -2.39. The maximum atomic E-state index is 13.6. The predicted octanol–water partition coefficient (Wildman–Crippen LogP) is 4.85. The molecule has 0 bridgehead atoms. The van der Waals surface area contributed by atoms with Crippen molar-refractivity contribution < 1.29 is 44.3 Å². The molecule has 0 unspecified atom stereocenters. The highest BCUT2D eigenvalue weighted by Gasteiger charge is 2.41. The number of aromatic nitrogens is 3. The standard InChI is InChI=1S/C25H19ClF6N6O4S2/c26-22-34-12-19-20(35-22)36-23(43-19)37-9-10-38(44(40,41)17-7-3-15(4-8-17)24(27,28)29)18(13-37)21(39)33-11-14-1-5-16(6-2-14)42-25(30,31)32/h1-8,12,18H,9-11,13H2,(H,33,39)/t18-/m1/s1. The molecule has 19 heteroatoms. The van der Waals surface area contributed by atoms with E-state index in [0.717, 1.165) is 28.6 Å². The fourth-order valence-electron chi connectivity index (χ4n) is 4.35. The van der Waals surface area contributed by atoms with Crippen LogP contribution < -0.4 is 15.0 Å². The number of sulfonamides is 1. The fourth-order valence-corrected chi connectivity index (χ4v) is 6.96. The summed E-state index contributed by atoms with van der Waals surface area (Å²) in [7, 11) is -4.46. The van der Waals surface area contributed by atoms with Crippen molar-refractivity contribution in [2.75, 3.05) is 24.5 Å². The molecule has 234 valence electrons. The summed E-state index contributed by atoms with van der Waals surface area (Å²) in [5.41, 5.74) is -0.357. The quantitative estimate of drug-likeness (QED) is 0.218. The second kappa shape index (κ2) is 12.0. The van der Waals surface area contributed by atoms with Crippen LogP contribution in [-0.2, 0) is 27.5 Å². The van der Waals surface area contributed by atoms with Gasteiger partial charge in [-0.15, -0.1) is 13.2 Å². The number of hydrogen-bond donors (Lipinski definition) is 1. The Hall–Kier alpha value is -3.74. The Kier molecular flexibility index (Phi) is 8.63. The third kappa shape index (κ3) is 7.14. The summed E-state index contributed by atoms with van der Waals surface area (Å²) in [6, 6.07) is 6.24. The molecular formula is C25H19ClF6N6O4S2. The zero-order valence-electron chi connectivity index (χ0n) is 21.9. The summed E-state index contributed by atoms with van der Waals surface area (Å²) in [4.78, 5) is 27.0. The highest BCUT2D eigenvalue weighted by atomic mass is 35.5. The number of nitrogens with one attached hydrogen (secondary N) is 1. The number of halogens is 7. The van der Waals surface area contributed by atoms with Crippen LogP contribution >= 0.6 is 22.9 Å². The van der Waals surface area contributed by atoms with E-state index >= 15 is 0 Å². The Morgan fingerprint density at radius 3 is 2.34 bits per heavy atom. The molecule has 1 atom stereocenters. The molecule has 1 aliphatic heterocycles. The maximum absolute atomic E-state index is 13.6. The summed E-state index contributed by atoms with van der Waals surface area (Å²) in [5, 5.41) is 2.96. The summed E-state index contributed by atoms with van der Waals surface area (Å²) in [6.45, 7) is -0.519. The lowest BCUT2D eigenvalue weighted by Crippen LogP contribution is -2.60. The molecule has 3 heterocycles. The minimum absolute atomic E-state index is 0.0305. The van der Waals surface area contributed by atoms with Crippen molar-refractivity contribution in [3.05, 3.63) is 71.1 Å². The first kappa shape index (κ1) is 31.7. The van der Waals surface area contributed by atoms with Gasteiger partial charge in [-0.3, -0.25) is 4.79 Å². The second-order valence-electron chi connectivity index (χ2n) is 9.33. The van der Waals surface area contributed by atoms with Gasteiger partial charge in [0.25, 0.3) is 0 Å². The van der Waals surface area contributed by atoms with Crippen molar-refractivity contribution in [3.63, 3.8) is 0 Å². The third-order valence-corrected chi connectivity index (χ3v) is 9.57. The van der Waals surface area contributed by atoms with Crippen molar-refractivity contribution in [2.24, 2.45) is 0 Å². The van der Waals surface area contributed by atoms with Crippen LogP contribution in [0.3, 0.4) is 0 Å². The first-order valence-corrected chi connectivity index (χ1v) is 15.1. The smallest absolute Gasteiger partial charge is 0.406 e. The van der Waals surface area contributed by atoms with E-state index in [4.69, 9.17) is 11.6 Å². The van der Waals surface area contributed by atoms with Crippen LogP contribution in [0.1, 0.15) is 11.1 Å². The van der Waals surface area contributed by atoms with Gasteiger partial charge in [0.15, 0.2) is 10.8 Å². The zero-order valence-corrected chi connectivity index (χ0v) is 24.3. The number of ether oxygens (including phenoxy) is 1. The van der Waals surface area contributed by atoms with Gasteiger partial charge in [-0.05, 0) is 53.6 Å². The van der Waals surface area contributed by atoms with E-state index in [-0.39, 0.29) is 31.5 Å². The van der Waals surface area contributed by atoms with Crippen LogP contribution in [0.4, 0.5) is 31.5 Å². The summed E-state index contributed by atoms with van der Waals surface area (Å²) in [5.74, 6) is -1.23. The topological polar surface area (TPSA) is 118 Å². The van der Waals surface area contributed by atoms with Crippen LogP contribution in [0.15, 0.2) is 59.6 Å². The number of alkyl halides is 6. The Balaban J connectivity index is 1.39. The largest absolute Gasteiger partial charge is 0.573 e. The Bertz CT molecular complexity index is 1770. The third-order valence-electron chi connectivity index (χ3n) is 6.43. The molecule has 5 rings (SSSR count). The van der Waals surface area contributed by atoms with E-state index < -0.39 is 50.7 Å². The van der Waals surface area contributed by atoms with Gasteiger partial charge in [0.1, 0.15) is 11.8 Å². The number of benzene rings is 2. The number of anilines is 1. The van der Waals surface area contributed by atoms with Gasteiger partial charge < -0.3 is 15.0 Å². The van der Waals surface area contributed by atoms with Crippen molar-refractivity contribution in [2.45, 2.75) is 30.0 Å². The minimum atomic E-state index is -4.88. The molecule has 0 aliphatic carbocycles. The van der Waals surface area contributed by atoms with Gasteiger partial charge in [-0.2, -0.15) is 27.4 Å². The molecule has 2 aromatic carbocycles. The van der Waals surface area contributed by atoms with Gasteiger partial charge >= 0.3 is 12.5 Å². The number of carbonyl (C=O) groups is 1. The molecule has 10 nitrogen and oxygen atoms in total. The number of hydrogen-bond acceptors (Lipinski definition) is 9. The predicted molar refractivity (Wildman–Crippen MR) is 147 cm³/mol. The Morgan fingerprint density at radius 2 is 1.70 bits per heavy atom. The van der Waals surface area contributed by atoms with E-state index in [0.29, 0.717) is 33.2 Å². The SMILES string of the molecule is O=C(NCc1ccc(OC(F)(F)F)cc1)[C@H]1CN(c2nc3nc(Cl)ncc3s2)CCN1S(=O)(=O)c1ccc(C(F)(F)F)cc1. The Labute approximate surface area is 254 Å². The number of fused-ring (bicyclic) bond motifs is 1. The highest BCUT2D eigenvalue weighted by molar-refractivity contribution is 7.89. The van der Waals surface area contributed by atoms with Crippen molar-refractivity contribution in [1.82, 2.24) is 24.6 Å². The van der Waals surface area contributed by atoms with Gasteiger partial charge in [0.2, 0.25) is 21.2 Å². The lowest BCUT2D eigenvalue weighted by molar-refractivity contribution is -0.274. The lowest BCUT2D eigenvalue weighted by atomic mass is 10.1. The fraction of sp³-hybridized carbons (Fsp3) is 0.280. The average Bonchev–Trinajstić information content (AvgIpc) is 3.38. The first-order valence-electron chi connectivity index (χ1n) is 12.5. The molecule has 1 aliphatic rings. The number of nitrogens with zero attached hydrogens (tertiary/aromatic N) is 5. The van der Waals surface area contributed by atoms with Gasteiger partial charge in [-0.25, -0.2) is 13.4 Å². The van der Waals surface area contributed by atoms with E-state index in [9.17, 15) is 39.6 Å². The van der Waals surface area contributed by atoms with Crippen molar-refractivity contribution in [1.29, 1.82) is 0 Å². The van der Waals surface area contributed by atoms with Crippen LogP contribution in [0, 0.1) is 0 Å². The molecule has 0 saturated carbocycles. The number of rotatable bonds is 7. The van der Waals surface area contributed by atoms with E-state index in [1.165, 1.54) is 29.7 Å². The van der Waals surface area contributed by atoms with E-state index in [1.54, 1.807) is 4.90 Å². The summed E-state index contributed by atoms with van der Waals surface area (Å²) < 4.78 is 109. The molecule has 1 amide bonds. The molecular weight excluding hydrogens is 662 g/mol. The number of amides is 1. The molecule has 44 heavy (non-hydrogen) atoms. The van der Waals surface area contributed by atoms with Crippen LogP contribution in [0.5, 0.6) is 5.75 Å². The molecule has 4 aromatic rings. The number of piperazine rings is 1. The molecule has 1 saturated heterocycles. The average molecular weight is 681 g/mol. The Morgan fingerprint density at radius 1 is 1.02 bits per heavy atom. The van der Waals surface area contributed by atoms with Crippen LogP contribution in [0.25, 0.3) is 10.3 Å². The number of thiazole rings is 1. The molecule has 0 radical (unpaired) electrons. The summed E-state index contributed by atoms with van der Waals surface area (Å²) in [6.07, 6.45) is -8.10. The van der Waals surface area contributed by atoms with Crippen LogP contribution in [-0.4, -0.2) is 65.6 Å². The normalized spacial score (nSPS) is 16.7. The molecule has 2 aromatic heterocycles. The summed E-state index contributed by atoms with van der Waals surface area (Å²) >= 11 is 7.03. The van der Waals surface area contributed by atoms with E-state index in [2.05, 4.69) is 25.0 Å².